The van der Waals surface area contributed by atoms with Crippen molar-refractivity contribution in [3.63, 3.8) is 0 Å². The van der Waals surface area contributed by atoms with Crippen LogP contribution in [0.5, 0.6) is 0 Å². The summed E-state index contributed by atoms with van der Waals surface area (Å²) in [6, 6.07) is 9.66. The van der Waals surface area contributed by atoms with Crippen LogP contribution in [0.25, 0.3) is 10.9 Å². The van der Waals surface area contributed by atoms with Crippen molar-refractivity contribution in [2.24, 2.45) is 5.73 Å². The minimum atomic E-state index is 0.00647. The van der Waals surface area contributed by atoms with Gasteiger partial charge >= 0.3 is 0 Å². The second-order valence-corrected chi connectivity index (χ2v) is 6.55. The van der Waals surface area contributed by atoms with Crippen molar-refractivity contribution in [2.45, 2.75) is 16.3 Å². The Morgan fingerprint density at radius 2 is 2.10 bits per heavy atom. The molecule has 0 aliphatic carbocycles. The standard InChI is InChI=1S/C13H11N5S2/c1-7-17-18-13(19-7)20-12-9(11(14)15)6-8-4-2-3-5-10(8)16-12/h2-6H,1H3,(H3,14,15). The molecule has 0 saturated carbocycles. The summed E-state index contributed by atoms with van der Waals surface area (Å²) in [4.78, 5) is 4.58. The van der Waals surface area contributed by atoms with Gasteiger partial charge in [0.25, 0.3) is 0 Å². The first-order valence-corrected chi connectivity index (χ1v) is 7.49. The molecule has 0 bridgehead atoms. The van der Waals surface area contributed by atoms with Crippen LogP contribution in [0.1, 0.15) is 10.6 Å². The fraction of sp³-hybridized carbons (Fsp3) is 0.0769. The number of amidine groups is 1. The molecule has 0 unspecified atom stereocenters. The summed E-state index contributed by atoms with van der Waals surface area (Å²) in [5.74, 6) is 0.00647. The number of pyridine rings is 1. The van der Waals surface area contributed by atoms with Crippen molar-refractivity contribution in [3.05, 3.63) is 40.9 Å². The molecule has 100 valence electrons. The number of benzene rings is 1. The van der Waals surface area contributed by atoms with Gasteiger partial charge in [-0.15, -0.1) is 10.2 Å². The lowest BCUT2D eigenvalue weighted by atomic mass is 10.1. The zero-order valence-electron chi connectivity index (χ0n) is 10.6. The van der Waals surface area contributed by atoms with Crippen LogP contribution in [0.3, 0.4) is 0 Å². The van der Waals surface area contributed by atoms with E-state index in [-0.39, 0.29) is 5.84 Å². The Bertz CT molecular complexity index is 796. The van der Waals surface area contributed by atoms with Gasteiger partial charge in [-0.25, -0.2) is 4.98 Å². The number of fused-ring (bicyclic) bond motifs is 1. The predicted molar refractivity (Wildman–Crippen MR) is 81.5 cm³/mol. The van der Waals surface area contributed by atoms with Gasteiger partial charge in [-0.1, -0.05) is 29.5 Å². The summed E-state index contributed by atoms with van der Waals surface area (Å²) in [6.45, 7) is 1.90. The molecular weight excluding hydrogens is 290 g/mol. The molecule has 3 rings (SSSR count). The van der Waals surface area contributed by atoms with Crippen molar-refractivity contribution < 1.29 is 0 Å². The van der Waals surface area contributed by atoms with Gasteiger partial charge < -0.3 is 5.73 Å². The van der Waals surface area contributed by atoms with Crippen molar-refractivity contribution >= 4 is 39.8 Å². The van der Waals surface area contributed by atoms with Gasteiger partial charge in [-0.3, -0.25) is 5.41 Å². The van der Waals surface area contributed by atoms with Crippen LogP contribution in [-0.4, -0.2) is 21.0 Å². The molecule has 7 heteroatoms. The predicted octanol–water partition coefficient (Wildman–Crippen LogP) is 2.83. The first-order chi connectivity index (χ1) is 9.63. The van der Waals surface area contributed by atoms with Gasteiger partial charge in [-0.2, -0.15) is 0 Å². The third-order valence-electron chi connectivity index (χ3n) is 2.67. The van der Waals surface area contributed by atoms with E-state index in [1.165, 1.54) is 23.1 Å². The molecule has 0 amide bonds. The Labute approximate surface area is 123 Å². The second-order valence-electron chi connectivity index (χ2n) is 4.14. The number of nitrogen functional groups attached to an aromatic ring is 1. The average molecular weight is 301 g/mol. The lowest BCUT2D eigenvalue weighted by molar-refractivity contribution is 0.981. The molecule has 2 heterocycles. The molecule has 1 aromatic carbocycles. The Balaban J connectivity index is 2.11. The number of hydrogen-bond acceptors (Lipinski definition) is 6. The maximum atomic E-state index is 7.71. The van der Waals surface area contributed by atoms with Gasteiger partial charge in [-0.05, 0) is 30.8 Å². The van der Waals surface area contributed by atoms with Gasteiger partial charge in [0.2, 0.25) is 0 Å². The molecule has 0 spiro atoms. The van der Waals surface area contributed by atoms with E-state index in [0.717, 1.165) is 20.3 Å². The largest absolute Gasteiger partial charge is 0.384 e. The first-order valence-electron chi connectivity index (χ1n) is 5.85. The van der Waals surface area contributed by atoms with E-state index in [1.807, 2.05) is 37.3 Å². The van der Waals surface area contributed by atoms with E-state index in [9.17, 15) is 0 Å². The molecule has 0 saturated heterocycles. The normalized spacial score (nSPS) is 10.8. The summed E-state index contributed by atoms with van der Waals surface area (Å²) >= 11 is 2.89. The molecule has 0 fully saturated rings. The number of nitrogens with one attached hydrogen (secondary N) is 1. The minimum Gasteiger partial charge on any atom is -0.384 e. The Morgan fingerprint density at radius 1 is 1.30 bits per heavy atom. The van der Waals surface area contributed by atoms with Crippen molar-refractivity contribution in [1.29, 1.82) is 5.41 Å². The number of nitrogens with zero attached hydrogens (tertiary/aromatic N) is 3. The van der Waals surface area contributed by atoms with E-state index in [4.69, 9.17) is 11.1 Å². The van der Waals surface area contributed by atoms with Crippen LogP contribution in [0.2, 0.25) is 0 Å². The molecule has 0 radical (unpaired) electrons. The Hall–Kier alpha value is -1.99. The molecule has 3 N–H and O–H groups in total. The van der Waals surface area contributed by atoms with E-state index < -0.39 is 0 Å². The summed E-state index contributed by atoms with van der Waals surface area (Å²) < 4.78 is 0.799. The molecule has 0 aliphatic rings. The first kappa shape index (κ1) is 13.0. The third kappa shape index (κ3) is 2.50. The van der Waals surface area contributed by atoms with E-state index >= 15 is 0 Å². The fourth-order valence-electron chi connectivity index (χ4n) is 1.77. The minimum absolute atomic E-state index is 0.00647. The summed E-state index contributed by atoms with van der Waals surface area (Å²) in [5, 5.41) is 18.3. The van der Waals surface area contributed by atoms with E-state index in [1.54, 1.807) is 0 Å². The number of hydrogen-bond donors (Lipinski definition) is 2. The molecule has 0 atom stereocenters. The number of aromatic nitrogens is 3. The highest BCUT2D eigenvalue weighted by atomic mass is 32.2. The molecule has 3 aromatic rings. The van der Waals surface area contributed by atoms with Gasteiger partial charge in [0.05, 0.1) is 5.52 Å². The highest BCUT2D eigenvalue weighted by Crippen LogP contribution is 2.32. The molecule has 0 aliphatic heterocycles. The molecular formula is C13H11N5S2. The lowest BCUT2D eigenvalue weighted by Gasteiger charge is -2.07. The van der Waals surface area contributed by atoms with E-state index in [2.05, 4.69) is 15.2 Å². The number of nitrogens with two attached hydrogens (primary N) is 1. The molecule has 20 heavy (non-hydrogen) atoms. The lowest BCUT2D eigenvalue weighted by Crippen LogP contribution is -2.13. The quantitative estimate of drug-likeness (QED) is 0.573. The van der Waals surface area contributed by atoms with Gasteiger partial charge in [0, 0.05) is 10.9 Å². The van der Waals surface area contributed by atoms with Gasteiger partial charge in [0.1, 0.15) is 15.9 Å². The topological polar surface area (TPSA) is 88.5 Å². The number of aryl methyl sites for hydroxylation is 1. The highest BCUT2D eigenvalue weighted by molar-refractivity contribution is 8.01. The Kier molecular flexibility index (Phi) is 3.37. The summed E-state index contributed by atoms with van der Waals surface area (Å²) in [6.07, 6.45) is 0. The van der Waals surface area contributed by atoms with Crippen LogP contribution in [0, 0.1) is 12.3 Å². The van der Waals surface area contributed by atoms with Crippen molar-refractivity contribution in [1.82, 2.24) is 15.2 Å². The third-order valence-corrected chi connectivity index (χ3v) is 4.56. The van der Waals surface area contributed by atoms with Crippen LogP contribution >= 0.6 is 23.1 Å². The number of rotatable bonds is 3. The fourth-order valence-corrected chi connectivity index (χ4v) is 3.62. The SMILES string of the molecule is Cc1nnc(Sc2nc3ccccc3cc2C(=N)N)s1. The second kappa shape index (κ2) is 5.18. The summed E-state index contributed by atoms with van der Waals surface area (Å²) in [5.41, 5.74) is 7.16. The van der Waals surface area contributed by atoms with Crippen LogP contribution in [0.15, 0.2) is 39.7 Å². The smallest absolute Gasteiger partial charge is 0.180 e. The van der Waals surface area contributed by atoms with Crippen LogP contribution in [0.4, 0.5) is 0 Å². The van der Waals surface area contributed by atoms with E-state index in [0.29, 0.717) is 10.6 Å². The zero-order chi connectivity index (χ0) is 14.1. The maximum absolute atomic E-state index is 7.71. The average Bonchev–Trinajstić information content (AvgIpc) is 2.83. The van der Waals surface area contributed by atoms with Crippen LogP contribution < -0.4 is 5.73 Å². The highest BCUT2D eigenvalue weighted by Gasteiger charge is 2.13. The molecule has 2 aromatic heterocycles. The van der Waals surface area contributed by atoms with Crippen molar-refractivity contribution in [3.8, 4) is 0 Å². The Morgan fingerprint density at radius 3 is 2.80 bits per heavy atom. The van der Waals surface area contributed by atoms with Crippen LogP contribution in [-0.2, 0) is 0 Å². The number of para-hydroxylation sites is 1. The monoisotopic (exact) mass is 301 g/mol. The summed E-state index contributed by atoms with van der Waals surface area (Å²) in [7, 11) is 0. The zero-order valence-corrected chi connectivity index (χ0v) is 12.3. The maximum Gasteiger partial charge on any atom is 0.180 e. The van der Waals surface area contributed by atoms with Gasteiger partial charge in [0.15, 0.2) is 4.34 Å². The van der Waals surface area contributed by atoms with Crippen molar-refractivity contribution in [2.75, 3.05) is 0 Å². The molecule has 5 nitrogen and oxygen atoms in total.